The van der Waals surface area contributed by atoms with Crippen LogP contribution in [0.25, 0.3) is 0 Å². The number of rotatable bonds is 9. The summed E-state index contributed by atoms with van der Waals surface area (Å²) >= 11 is 0. The van der Waals surface area contributed by atoms with Crippen LogP contribution in [0.2, 0.25) is 0 Å². The van der Waals surface area contributed by atoms with Crippen LogP contribution >= 0.6 is 0 Å². The van der Waals surface area contributed by atoms with Crippen LogP contribution in [0.1, 0.15) is 19.4 Å². The van der Waals surface area contributed by atoms with Crippen LogP contribution in [0.5, 0.6) is 5.75 Å². The van der Waals surface area contributed by atoms with E-state index in [0.717, 1.165) is 5.56 Å². The second-order valence-corrected chi connectivity index (χ2v) is 7.63. The number of ether oxygens (including phenoxy) is 1. The predicted molar refractivity (Wildman–Crippen MR) is 103 cm³/mol. The van der Waals surface area contributed by atoms with Crippen molar-refractivity contribution in [1.82, 2.24) is 5.32 Å². The largest absolute Gasteiger partial charge is 0.466 e. The number of benzene rings is 2. The van der Waals surface area contributed by atoms with E-state index in [1.807, 2.05) is 0 Å². The number of carbonyl (C=O) groups is 2. The van der Waals surface area contributed by atoms with Gasteiger partial charge >= 0.3 is 16.1 Å². The molecule has 1 atom stereocenters. The van der Waals surface area contributed by atoms with Crippen molar-refractivity contribution in [2.75, 3.05) is 13.2 Å². The van der Waals surface area contributed by atoms with E-state index < -0.39 is 22.0 Å². The van der Waals surface area contributed by atoms with Gasteiger partial charge in [0.15, 0.2) is 0 Å². The molecular formula is C20H23NO6S. The Morgan fingerprint density at radius 3 is 2.25 bits per heavy atom. The van der Waals surface area contributed by atoms with Gasteiger partial charge in [0, 0.05) is 13.5 Å². The highest BCUT2D eigenvalue weighted by molar-refractivity contribution is 7.87. The van der Waals surface area contributed by atoms with Crippen LogP contribution in [0.15, 0.2) is 59.5 Å². The van der Waals surface area contributed by atoms with Gasteiger partial charge in [-0.3, -0.25) is 9.59 Å². The van der Waals surface area contributed by atoms with Crippen LogP contribution in [0.3, 0.4) is 0 Å². The van der Waals surface area contributed by atoms with Crippen molar-refractivity contribution in [3.8, 4) is 5.75 Å². The molecule has 0 fully saturated rings. The maximum atomic E-state index is 12.3. The molecule has 1 unspecified atom stereocenters. The van der Waals surface area contributed by atoms with Gasteiger partial charge in [0.05, 0.1) is 12.5 Å². The Bertz CT molecular complexity index is 894. The summed E-state index contributed by atoms with van der Waals surface area (Å²) in [5.74, 6) is -1.00. The standard InChI is InChI=1S/C20H23NO6S/c1-3-26-20(23)17(14-21-15(2)22)13-16-9-11-18(12-10-16)27-28(24,25)19-7-5-4-6-8-19/h4-12,17H,3,13-14H2,1-2H3,(H,21,22). The van der Waals surface area contributed by atoms with Gasteiger partial charge in [-0.05, 0) is 43.2 Å². The summed E-state index contributed by atoms with van der Waals surface area (Å²) in [5.41, 5.74) is 0.785. The Morgan fingerprint density at radius 2 is 1.68 bits per heavy atom. The van der Waals surface area contributed by atoms with E-state index in [1.165, 1.54) is 31.2 Å². The first-order valence-electron chi connectivity index (χ1n) is 8.81. The molecule has 0 aliphatic heterocycles. The van der Waals surface area contributed by atoms with E-state index in [9.17, 15) is 18.0 Å². The van der Waals surface area contributed by atoms with Gasteiger partial charge in [-0.25, -0.2) is 0 Å². The third kappa shape index (κ3) is 6.38. The Hall–Kier alpha value is -2.87. The van der Waals surface area contributed by atoms with Gasteiger partial charge in [-0.1, -0.05) is 30.3 Å². The maximum absolute atomic E-state index is 12.3. The zero-order valence-corrected chi connectivity index (χ0v) is 16.6. The normalized spacial score (nSPS) is 12.1. The molecule has 8 heteroatoms. The molecule has 150 valence electrons. The van der Waals surface area contributed by atoms with Gasteiger partial charge in [-0.2, -0.15) is 8.42 Å². The molecule has 0 saturated heterocycles. The Balaban J connectivity index is 2.07. The molecular weight excluding hydrogens is 382 g/mol. The van der Waals surface area contributed by atoms with Gasteiger partial charge in [0.25, 0.3) is 0 Å². The zero-order valence-electron chi connectivity index (χ0n) is 15.8. The molecule has 0 bridgehead atoms. The molecule has 2 aromatic carbocycles. The molecule has 0 spiro atoms. The lowest BCUT2D eigenvalue weighted by Crippen LogP contribution is -2.33. The van der Waals surface area contributed by atoms with Crippen molar-refractivity contribution < 1.29 is 26.9 Å². The summed E-state index contributed by atoms with van der Waals surface area (Å²) in [4.78, 5) is 23.3. The number of esters is 1. The summed E-state index contributed by atoms with van der Waals surface area (Å²) in [5, 5.41) is 2.62. The van der Waals surface area contributed by atoms with Crippen LogP contribution in [0.4, 0.5) is 0 Å². The molecule has 0 aromatic heterocycles. The van der Waals surface area contributed by atoms with Crippen LogP contribution in [0, 0.1) is 5.92 Å². The quantitative estimate of drug-likeness (QED) is 0.508. The van der Waals surface area contributed by atoms with Crippen molar-refractivity contribution in [1.29, 1.82) is 0 Å². The van der Waals surface area contributed by atoms with Gasteiger partial charge in [0.2, 0.25) is 5.91 Å². The fourth-order valence-electron chi connectivity index (χ4n) is 2.49. The van der Waals surface area contributed by atoms with Crippen molar-refractivity contribution in [2.24, 2.45) is 5.92 Å². The smallest absolute Gasteiger partial charge is 0.339 e. The van der Waals surface area contributed by atoms with Crippen LogP contribution in [-0.4, -0.2) is 33.4 Å². The highest BCUT2D eigenvalue weighted by Crippen LogP contribution is 2.20. The minimum atomic E-state index is -3.91. The Kier molecular flexibility index (Phi) is 7.57. The monoisotopic (exact) mass is 405 g/mol. The molecule has 0 saturated carbocycles. The Labute approximate surface area is 164 Å². The zero-order chi connectivity index (χ0) is 20.6. The third-order valence-corrected chi connectivity index (χ3v) is 5.12. The van der Waals surface area contributed by atoms with Crippen molar-refractivity contribution in [3.63, 3.8) is 0 Å². The van der Waals surface area contributed by atoms with Crippen LogP contribution in [-0.2, 0) is 30.9 Å². The molecule has 0 aliphatic rings. The van der Waals surface area contributed by atoms with Gasteiger partial charge < -0.3 is 14.2 Å². The average molecular weight is 405 g/mol. The SMILES string of the molecule is CCOC(=O)C(CNC(C)=O)Cc1ccc(OS(=O)(=O)c2ccccc2)cc1. The van der Waals surface area contributed by atoms with E-state index in [4.69, 9.17) is 8.92 Å². The maximum Gasteiger partial charge on any atom is 0.339 e. The topological polar surface area (TPSA) is 98.8 Å². The first-order chi connectivity index (χ1) is 13.3. The van der Waals surface area contributed by atoms with Crippen LogP contribution < -0.4 is 9.50 Å². The van der Waals surface area contributed by atoms with E-state index in [-0.39, 0.29) is 29.7 Å². The molecule has 7 nitrogen and oxygen atoms in total. The molecule has 0 radical (unpaired) electrons. The molecule has 1 amide bonds. The lowest BCUT2D eigenvalue weighted by Gasteiger charge is -2.16. The number of hydrogen-bond acceptors (Lipinski definition) is 6. The second kappa shape index (κ2) is 9.89. The molecule has 28 heavy (non-hydrogen) atoms. The summed E-state index contributed by atoms with van der Waals surface area (Å²) in [6, 6.07) is 14.3. The summed E-state index contributed by atoms with van der Waals surface area (Å²) in [6.45, 7) is 3.50. The number of carbonyl (C=O) groups excluding carboxylic acids is 2. The predicted octanol–water partition coefficient (Wildman–Crippen LogP) is 2.31. The molecule has 1 N–H and O–H groups in total. The first-order valence-corrected chi connectivity index (χ1v) is 10.2. The van der Waals surface area contributed by atoms with E-state index in [1.54, 1.807) is 37.3 Å². The van der Waals surface area contributed by atoms with Crippen molar-refractivity contribution in [2.45, 2.75) is 25.2 Å². The third-order valence-electron chi connectivity index (χ3n) is 3.86. The minimum absolute atomic E-state index is 0.0664. The number of hydrogen-bond donors (Lipinski definition) is 1. The van der Waals surface area contributed by atoms with Crippen molar-refractivity contribution in [3.05, 3.63) is 60.2 Å². The summed E-state index contributed by atoms with van der Waals surface area (Å²) in [6.07, 6.45) is 0.338. The lowest BCUT2D eigenvalue weighted by molar-refractivity contribution is -0.147. The second-order valence-electron chi connectivity index (χ2n) is 6.08. The van der Waals surface area contributed by atoms with Crippen molar-refractivity contribution >= 4 is 22.0 Å². The first kappa shape index (κ1) is 21.4. The number of amides is 1. The Morgan fingerprint density at radius 1 is 1.04 bits per heavy atom. The van der Waals surface area contributed by atoms with Gasteiger partial charge in [-0.15, -0.1) is 0 Å². The minimum Gasteiger partial charge on any atom is -0.466 e. The summed E-state index contributed by atoms with van der Waals surface area (Å²) in [7, 11) is -3.91. The highest BCUT2D eigenvalue weighted by Gasteiger charge is 2.21. The fourth-order valence-corrected chi connectivity index (χ4v) is 3.44. The van der Waals surface area contributed by atoms with E-state index in [0.29, 0.717) is 6.42 Å². The average Bonchev–Trinajstić information content (AvgIpc) is 2.67. The molecule has 0 aliphatic carbocycles. The molecule has 2 rings (SSSR count). The van der Waals surface area contributed by atoms with Gasteiger partial charge in [0.1, 0.15) is 10.6 Å². The number of nitrogens with one attached hydrogen (secondary N) is 1. The lowest BCUT2D eigenvalue weighted by atomic mass is 9.99. The highest BCUT2D eigenvalue weighted by atomic mass is 32.2. The van der Waals surface area contributed by atoms with E-state index in [2.05, 4.69) is 5.32 Å². The fraction of sp³-hybridized carbons (Fsp3) is 0.300. The van der Waals surface area contributed by atoms with E-state index >= 15 is 0 Å². The summed E-state index contributed by atoms with van der Waals surface area (Å²) < 4.78 is 34.7. The molecule has 2 aromatic rings. The molecule has 0 heterocycles.